The van der Waals surface area contributed by atoms with Gasteiger partial charge in [0.05, 0.1) is 10.7 Å². The van der Waals surface area contributed by atoms with E-state index in [0.29, 0.717) is 16.3 Å². The lowest BCUT2D eigenvalue weighted by Gasteiger charge is -2.08. The molecule has 19 heavy (non-hydrogen) atoms. The predicted octanol–water partition coefficient (Wildman–Crippen LogP) is 4.02. The minimum atomic E-state index is -0.170. The van der Waals surface area contributed by atoms with Crippen LogP contribution in [0.4, 0.5) is 11.4 Å². The third kappa shape index (κ3) is 3.48. The van der Waals surface area contributed by atoms with Gasteiger partial charge in [0.2, 0.25) is 0 Å². The summed E-state index contributed by atoms with van der Waals surface area (Å²) in [7, 11) is 0. The molecule has 0 aliphatic rings. The molecule has 0 unspecified atom stereocenters. The Balaban J connectivity index is 2.10. The van der Waals surface area contributed by atoms with E-state index < -0.39 is 0 Å². The van der Waals surface area contributed by atoms with Gasteiger partial charge in [-0.05, 0) is 43.3 Å². The number of para-hydroxylation sites is 1. The molecule has 0 heterocycles. The van der Waals surface area contributed by atoms with Crippen molar-refractivity contribution in [1.82, 2.24) is 0 Å². The van der Waals surface area contributed by atoms with E-state index in [1.165, 1.54) is 0 Å². The van der Waals surface area contributed by atoms with E-state index in [1.807, 2.05) is 31.2 Å². The number of benzene rings is 2. The number of hydrogen-bond acceptors (Lipinski definition) is 2. The molecule has 3 nitrogen and oxygen atoms in total. The van der Waals surface area contributed by atoms with Crippen molar-refractivity contribution in [1.29, 1.82) is 0 Å². The molecular formula is C15H15ClN2O. The summed E-state index contributed by atoms with van der Waals surface area (Å²) in [6.45, 7) is 2.88. The second-order valence-corrected chi connectivity index (χ2v) is 4.45. The molecule has 0 aliphatic heterocycles. The van der Waals surface area contributed by atoms with Gasteiger partial charge in [-0.15, -0.1) is 0 Å². The largest absolute Gasteiger partial charge is 0.385 e. The maximum absolute atomic E-state index is 12.0. The van der Waals surface area contributed by atoms with Crippen LogP contribution in [0.5, 0.6) is 0 Å². The first-order valence-corrected chi connectivity index (χ1v) is 6.48. The first-order valence-electron chi connectivity index (χ1n) is 6.10. The Morgan fingerprint density at radius 3 is 2.42 bits per heavy atom. The summed E-state index contributed by atoms with van der Waals surface area (Å²) in [6, 6.07) is 14.5. The number of halogens is 1. The zero-order valence-corrected chi connectivity index (χ0v) is 11.4. The van der Waals surface area contributed by atoms with Gasteiger partial charge in [0.15, 0.2) is 0 Å². The Kier molecular flexibility index (Phi) is 4.42. The van der Waals surface area contributed by atoms with Gasteiger partial charge in [-0.25, -0.2) is 0 Å². The van der Waals surface area contributed by atoms with Crippen LogP contribution in [0.1, 0.15) is 17.3 Å². The zero-order chi connectivity index (χ0) is 13.7. The first-order chi connectivity index (χ1) is 9.20. The minimum Gasteiger partial charge on any atom is -0.385 e. The second kappa shape index (κ2) is 6.25. The second-order valence-electron chi connectivity index (χ2n) is 4.04. The van der Waals surface area contributed by atoms with E-state index >= 15 is 0 Å². The Hall–Kier alpha value is -2.00. The average molecular weight is 275 g/mol. The van der Waals surface area contributed by atoms with Crippen LogP contribution >= 0.6 is 11.6 Å². The highest BCUT2D eigenvalue weighted by Crippen LogP contribution is 2.21. The Morgan fingerprint density at radius 1 is 1.11 bits per heavy atom. The number of carbonyl (C=O) groups excluding carboxylic acids is 1. The number of hydrogen-bond donors (Lipinski definition) is 2. The lowest BCUT2D eigenvalue weighted by Crippen LogP contribution is -2.12. The van der Waals surface area contributed by atoms with Gasteiger partial charge in [-0.3, -0.25) is 4.79 Å². The summed E-state index contributed by atoms with van der Waals surface area (Å²) in [5.74, 6) is -0.170. The van der Waals surface area contributed by atoms with Crippen molar-refractivity contribution in [3.8, 4) is 0 Å². The van der Waals surface area contributed by atoms with E-state index in [1.54, 1.807) is 24.3 Å². The zero-order valence-electron chi connectivity index (χ0n) is 10.6. The van der Waals surface area contributed by atoms with Crippen molar-refractivity contribution in [3.05, 3.63) is 59.1 Å². The SMILES string of the molecule is CCNc1ccc(C(=O)Nc2ccccc2Cl)cc1. The van der Waals surface area contributed by atoms with Crippen LogP contribution in [0, 0.1) is 0 Å². The smallest absolute Gasteiger partial charge is 0.255 e. The highest BCUT2D eigenvalue weighted by Gasteiger charge is 2.07. The Labute approximate surface area is 117 Å². The molecule has 98 valence electrons. The van der Waals surface area contributed by atoms with Gasteiger partial charge in [-0.1, -0.05) is 23.7 Å². The number of anilines is 2. The van der Waals surface area contributed by atoms with Crippen molar-refractivity contribution in [2.24, 2.45) is 0 Å². The molecule has 2 N–H and O–H groups in total. The van der Waals surface area contributed by atoms with E-state index in [9.17, 15) is 4.79 Å². The summed E-state index contributed by atoms with van der Waals surface area (Å²) in [4.78, 5) is 12.0. The molecule has 2 aromatic carbocycles. The van der Waals surface area contributed by atoms with Gasteiger partial charge in [0.1, 0.15) is 0 Å². The first kappa shape index (κ1) is 13.4. The quantitative estimate of drug-likeness (QED) is 0.884. The van der Waals surface area contributed by atoms with Crippen molar-refractivity contribution in [3.63, 3.8) is 0 Å². The van der Waals surface area contributed by atoms with Gasteiger partial charge in [-0.2, -0.15) is 0 Å². The maximum atomic E-state index is 12.0. The molecule has 0 bridgehead atoms. The molecule has 2 aromatic rings. The van der Waals surface area contributed by atoms with Crippen molar-refractivity contribution >= 4 is 28.9 Å². The van der Waals surface area contributed by atoms with Crippen LogP contribution in [0.2, 0.25) is 5.02 Å². The van der Waals surface area contributed by atoms with Crippen molar-refractivity contribution < 1.29 is 4.79 Å². The third-order valence-corrected chi connectivity index (χ3v) is 2.98. The molecule has 4 heteroatoms. The standard InChI is InChI=1S/C15H15ClN2O/c1-2-17-12-9-7-11(8-10-12)15(19)18-14-6-4-3-5-13(14)16/h3-10,17H,2H2,1H3,(H,18,19). The minimum absolute atomic E-state index is 0.170. The number of amides is 1. The Bertz CT molecular complexity index is 567. The number of nitrogens with one attached hydrogen (secondary N) is 2. The summed E-state index contributed by atoms with van der Waals surface area (Å²) in [5.41, 5.74) is 2.21. The molecule has 0 aromatic heterocycles. The fourth-order valence-corrected chi connectivity index (χ4v) is 1.88. The van der Waals surface area contributed by atoms with Crippen LogP contribution in [0.25, 0.3) is 0 Å². The summed E-state index contributed by atoms with van der Waals surface area (Å²) < 4.78 is 0. The predicted molar refractivity (Wildman–Crippen MR) is 80.0 cm³/mol. The van der Waals surface area contributed by atoms with Crippen LogP contribution in [0.15, 0.2) is 48.5 Å². The van der Waals surface area contributed by atoms with Crippen LogP contribution in [-0.4, -0.2) is 12.5 Å². The molecule has 2 rings (SSSR count). The molecular weight excluding hydrogens is 260 g/mol. The lowest BCUT2D eigenvalue weighted by molar-refractivity contribution is 0.102. The molecule has 0 atom stereocenters. The average Bonchev–Trinajstić information content (AvgIpc) is 2.42. The third-order valence-electron chi connectivity index (χ3n) is 2.65. The normalized spacial score (nSPS) is 10.0. The molecule has 0 saturated heterocycles. The fourth-order valence-electron chi connectivity index (χ4n) is 1.70. The van der Waals surface area contributed by atoms with Gasteiger partial charge in [0, 0.05) is 17.8 Å². The maximum Gasteiger partial charge on any atom is 0.255 e. The molecule has 0 spiro atoms. The highest BCUT2D eigenvalue weighted by molar-refractivity contribution is 6.33. The fraction of sp³-hybridized carbons (Fsp3) is 0.133. The van der Waals surface area contributed by atoms with E-state index in [0.717, 1.165) is 12.2 Å². The number of rotatable bonds is 4. The molecule has 1 amide bonds. The van der Waals surface area contributed by atoms with Crippen LogP contribution in [0.3, 0.4) is 0 Å². The number of carbonyl (C=O) groups is 1. The van der Waals surface area contributed by atoms with Gasteiger partial charge in [0.25, 0.3) is 5.91 Å². The van der Waals surface area contributed by atoms with Crippen LogP contribution in [-0.2, 0) is 0 Å². The summed E-state index contributed by atoms with van der Waals surface area (Å²) in [5, 5.41) is 6.49. The topological polar surface area (TPSA) is 41.1 Å². The summed E-state index contributed by atoms with van der Waals surface area (Å²) in [6.07, 6.45) is 0. The monoisotopic (exact) mass is 274 g/mol. The molecule has 0 saturated carbocycles. The van der Waals surface area contributed by atoms with Gasteiger partial charge < -0.3 is 10.6 Å². The lowest BCUT2D eigenvalue weighted by atomic mass is 10.2. The highest BCUT2D eigenvalue weighted by atomic mass is 35.5. The molecule has 0 aliphatic carbocycles. The summed E-state index contributed by atoms with van der Waals surface area (Å²) >= 11 is 6.00. The van der Waals surface area contributed by atoms with E-state index in [2.05, 4.69) is 10.6 Å². The van der Waals surface area contributed by atoms with E-state index in [4.69, 9.17) is 11.6 Å². The van der Waals surface area contributed by atoms with Crippen LogP contribution < -0.4 is 10.6 Å². The van der Waals surface area contributed by atoms with Crippen molar-refractivity contribution in [2.75, 3.05) is 17.2 Å². The molecule has 0 fully saturated rings. The Morgan fingerprint density at radius 2 is 1.79 bits per heavy atom. The van der Waals surface area contributed by atoms with E-state index in [-0.39, 0.29) is 5.91 Å². The van der Waals surface area contributed by atoms with Crippen molar-refractivity contribution in [2.45, 2.75) is 6.92 Å². The molecule has 0 radical (unpaired) electrons. The van der Waals surface area contributed by atoms with Gasteiger partial charge >= 0.3 is 0 Å².